The van der Waals surface area contributed by atoms with Gasteiger partial charge in [-0.25, -0.2) is 8.42 Å². The summed E-state index contributed by atoms with van der Waals surface area (Å²) in [5.74, 6) is -0.184. The van der Waals surface area contributed by atoms with Crippen LogP contribution in [0.15, 0.2) is 35.2 Å². The number of carbonyl (C=O) groups is 1. The predicted octanol–water partition coefficient (Wildman–Crippen LogP) is 1.09. The zero-order chi connectivity index (χ0) is 11.6. The molecule has 1 aliphatic rings. The van der Waals surface area contributed by atoms with Crippen LogP contribution in [0.25, 0.3) is 0 Å². The lowest BCUT2D eigenvalue weighted by Crippen LogP contribution is -2.43. The monoisotopic (exact) mass is 239 g/mol. The van der Waals surface area contributed by atoms with E-state index in [4.69, 9.17) is 0 Å². The normalized spacial score (nSPS) is 21.5. The molecule has 1 amide bonds. The Labute approximate surface area is 94.6 Å². The fourth-order valence-corrected chi connectivity index (χ4v) is 3.41. The predicted molar refractivity (Wildman–Crippen MR) is 59.4 cm³/mol. The minimum Gasteiger partial charge on any atom is -0.339 e. The summed E-state index contributed by atoms with van der Waals surface area (Å²) in [6.07, 6.45) is 1.53. The quantitative estimate of drug-likeness (QED) is 0.840. The Balaban J connectivity index is 2.29. The number of hydrogen-bond donors (Lipinski definition) is 1. The summed E-state index contributed by atoms with van der Waals surface area (Å²) < 4.78 is 24.2. The maximum absolute atomic E-state index is 12.1. The number of benzene rings is 1. The smallest absolute Gasteiger partial charge is 0.221 e. The lowest BCUT2D eigenvalue weighted by Gasteiger charge is -2.23. The van der Waals surface area contributed by atoms with Crippen LogP contribution in [-0.2, 0) is 14.6 Å². The lowest BCUT2D eigenvalue weighted by atomic mass is 10.2. The minimum absolute atomic E-state index is 0.184. The van der Waals surface area contributed by atoms with Gasteiger partial charge in [0.25, 0.3) is 0 Å². The fraction of sp³-hybridized carbons (Fsp3) is 0.364. The van der Waals surface area contributed by atoms with Crippen molar-refractivity contribution in [2.24, 2.45) is 0 Å². The summed E-state index contributed by atoms with van der Waals surface area (Å²) in [5.41, 5.74) is 0. The molecule has 0 bridgehead atoms. The Bertz CT molecular complexity index is 481. The van der Waals surface area contributed by atoms with Crippen LogP contribution in [0.5, 0.6) is 0 Å². The van der Waals surface area contributed by atoms with Crippen molar-refractivity contribution in [3.05, 3.63) is 30.3 Å². The van der Waals surface area contributed by atoms with Gasteiger partial charge in [0, 0.05) is 6.42 Å². The molecule has 1 aromatic rings. The third-order valence-corrected chi connectivity index (χ3v) is 4.67. The van der Waals surface area contributed by atoms with Gasteiger partial charge < -0.3 is 5.32 Å². The van der Waals surface area contributed by atoms with E-state index in [0.29, 0.717) is 19.3 Å². The molecule has 1 atom stereocenters. The molecule has 16 heavy (non-hydrogen) atoms. The fourth-order valence-electron chi connectivity index (χ4n) is 1.78. The molecule has 0 spiro atoms. The average Bonchev–Trinajstić information content (AvgIpc) is 2.30. The maximum Gasteiger partial charge on any atom is 0.221 e. The number of sulfone groups is 1. The van der Waals surface area contributed by atoms with E-state index in [0.717, 1.165) is 0 Å². The Morgan fingerprint density at radius 2 is 1.88 bits per heavy atom. The largest absolute Gasteiger partial charge is 0.339 e. The van der Waals surface area contributed by atoms with Crippen LogP contribution in [0.2, 0.25) is 0 Å². The number of hydrogen-bond acceptors (Lipinski definition) is 3. The Morgan fingerprint density at radius 3 is 2.50 bits per heavy atom. The first kappa shape index (κ1) is 11.1. The van der Waals surface area contributed by atoms with E-state index in [1.54, 1.807) is 30.3 Å². The van der Waals surface area contributed by atoms with Crippen LogP contribution >= 0.6 is 0 Å². The highest BCUT2D eigenvalue weighted by atomic mass is 32.2. The highest BCUT2D eigenvalue weighted by Crippen LogP contribution is 2.20. The van der Waals surface area contributed by atoms with E-state index in [1.807, 2.05) is 0 Å². The van der Waals surface area contributed by atoms with Crippen LogP contribution in [0.3, 0.4) is 0 Å². The summed E-state index contributed by atoms with van der Waals surface area (Å²) >= 11 is 0. The molecule has 0 aromatic heterocycles. The molecule has 0 aliphatic carbocycles. The van der Waals surface area contributed by atoms with Gasteiger partial charge in [-0.2, -0.15) is 0 Å². The van der Waals surface area contributed by atoms with Crippen molar-refractivity contribution in [2.75, 3.05) is 0 Å². The van der Waals surface area contributed by atoms with Crippen LogP contribution in [0.1, 0.15) is 19.3 Å². The Kier molecular flexibility index (Phi) is 2.96. The second kappa shape index (κ2) is 4.25. The summed E-state index contributed by atoms with van der Waals surface area (Å²) in [6.45, 7) is 0. The number of nitrogens with one attached hydrogen (secondary N) is 1. The van der Waals surface area contributed by atoms with Gasteiger partial charge in [-0.3, -0.25) is 4.79 Å². The van der Waals surface area contributed by atoms with E-state index in [2.05, 4.69) is 5.32 Å². The van der Waals surface area contributed by atoms with Gasteiger partial charge in [-0.1, -0.05) is 18.2 Å². The molecule has 1 aliphatic heterocycles. The highest BCUT2D eigenvalue weighted by molar-refractivity contribution is 7.92. The van der Waals surface area contributed by atoms with Gasteiger partial charge in [0.15, 0.2) is 9.84 Å². The standard InChI is InChI=1S/C11H13NO3S/c13-10-7-4-8-11(12-10)16(14,15)9-5-2-1-3-6-9/h1-3,5-6,11H,4,7-8H2,(H,12,13). The molecule has 1 saturated heterocycles. The molecule has 1 fully saturated rings. The molecule has 0 radical (unpaired) electrons. The van der Waals surface area contributed by atoms with E-state index in [-0.39, 0.29) is 10.8 Å². The van der Waals surface area contributed by atoms with Gasteiger partial charge in [-0.15, -0.1) is 0 Å². The maximum atomic E-state index is 12.1. The number of rotatable bonds is 2. The molecular weight excluding hydrogens is 226 g/mol. The van der Waals surface area contributed by atoms with Crippen LogP contribution < -0.4 is 5.32 Å². The Hall–Kier alpha value is -1.36. The van der Waals surface area contributed by atoms with Crippen molar-refractivity contribution in [3.8, 4) is 0 Å². The molecule has 4 nitrogen and oxygen atoms in total. The Morgan fingerprint density at radius 1 is 1.19 bits per heavy atom. The van der Waals surface area contributed by atoms with Crippen molar-refractivity contribution in [2.45, 2.75) is 29.5 Å². The second-order valence-electron chi connectivity index (χ2n) is 3.81. The van der Waals surface area contributed by atoms with Crippen molar-refractivity contribution < 1.29 is 13.2 Å². The van der Waals surface area contributed by atoms with Crippen LogP contribution in [0, 0.1) is 0 Å². The first-order valence-corrected chi connectivity index (χ1v) is 6.73. The molecule has 1 aromatic carbocycles. The SMILES string of the molecule is O=C1CCCC(S(=O)(=O)c2ccccc2)N1. The number of carbonyl (C=O) groups excluding carboxylic acids is 1. The van der Waals surface area contributed by atoms with Crippen molar-refractivity contribution in [1.29, 1.82) is 0 Å². The zero-order valence-corrected chi connectivity index (χ0v) is 9.53. The average molecular weight is 239 g/mol. The molecule has 1 N–H and O–H groups in total. The van der Waals surface area contributed by atoms with E-state index >= 15 is 0 Å². The number of piperidine rings is 1. The summed E-state index contributed by atoms with van der Waals surface area (Å²) in [7, 11) is -3.43. The third kappa shape index (κ3) is 2.09. The zero-order valence-electron chi connectivity index (χ0n) is 8.72. The summed E-state index contributed by atoms with van der Waals surface area (Å²) in [6, 6.07) is 8.22. The summed E-state index contributed by atoms with van der Waals surface area (Å²) in [4.78, 5) is 11.4. The highest BCUT2D eigenvalue weighted by Gasteiger charge is 2.31. The molecular formula is C11H13NO3S. The molecule has 2 rings (SSSR count). The van der Waals surface area contributed by atoms with Gasteiger partial charge in [0.2, 0.25) is 5.91 Å². The first-order chi connectivity index (χ1) is 7.60. The molecule has 86 valence electrons. The molecule has 1 heterocycles. The van der Waals surface area contributed by atoms with E-state index < -0.39 is 15.2 Å². The number of amides is 1. The van der Waals surface area contributed by atoms with E-state index in [1.165, 1.54) is 0 Å². The van der Waals surface area contributed by atoms with Crippen LogP contribution in [0.4, 0.5) is 0 Å². The van der Waals surface area contributed by atoms with Crippen molar-refractivity contribution in [1.82, 2.24) is 5.32 Å². The molecule has 5 heteroatoms. The third-order valence-electron chi connectivity index (χ3n) is 2.64. The van der Waals surface area contributed by atoms with Gasteiger partial charge in [-0.05, 0) is 25.0 Å². The van der Waals surface area contributed by atoms with Gasteiger partial charge in [0.1, 0.15) is 5.37 Å². The first-order valence-electron chi connectivity index (χ1n) is 5.19. The minimum atomic E-state index is -3.43. The van der Waals surface area contributed by atoms with Crippen molar-refractivity contribution >= 4 is 15.7 Å². The van der Waals surface area contributed by atoms with E-state index in [9.17, 15) is 13.2 Å². The molecule has 0 saturated carbocycles. The van der Waals surface area contributed by atoms with Crippen LogP contribution in [-0.4, -0.2) is 19.7 Å². The topological polar surface area (TPSA) is 63.2 Å². The van der Waals surface area contributed by atoms with Gasteiger partial charge in [0.05, 0.1) is 4.90 Å². The molecule has 1 unspecified atom stereocenters. The lowest BCUT2D eigenvalue weighted by molar-refractivity contribution is -0.122. The second-order valence-corrected chi connectivity index (χ2v) is 5.94. The summed E-state index contributed by atoms with van der Waals surface area (Å²) in [5, 5.41) is 1.76. The van der Waals surface area contributed by atoms with Gasteiger partial charge >= 0.3 is 0 Å². The van der Waals surface area contributed by atoms with Crippen molar-refractivity contribution in [3.63, 3.8) is 0 Å².